The van der Waals surface area contributed by atoms with E-state index in [-0.39, 0.29) is 0 Å². The second-order valence-electron chi connectivity index (χ2n) is 5.63. The van der Waals surface area contributed by atoms with Gasteiger partial charge in [0.1, 0.15) is 6.61 Å². The van der Waals surface area contributed by atoms with Crippen molar-refractivity contribution in [2.24, 2.45) is 0 Å². The van der Waals surface area contributed by atoms with Gasteiger partial charge in [-0.1, -0.05) is 48.3 Å². The van der Waals surface area contributed by atoms with Gasteiger partial charge >= 0.3 is 0 Å². The SMILES string of the molecule is CCc1cc2ccc(COOC)cc2n1Cc1ccc(Cl)cc1Cl. The standard InChI is InChI=1S/C19H19Cl2NO2/c1-3-17-9-14-5-4-13(12-24-23-2)8-19(14)22(17)11-15-6-7-16(20)10-18(15)21/h4-10H,3,11-12H2,1-2H3. The smallest absolute Gasteiger partial charge is 0.107 e. The molecule has 5 heteroatoms. The van der Waals surface area contributed by atoms with E-state index in [9.17, 15) is 0 Å². The number of nitrogens with zero attached hydrogens (tertiary/aromatic N) is 1. The van der Waals surface area contributed by atoms with Crippen LogP contribution in [0.15, 0.2) is 42.5 Å². The fourth-order valence-corrected chi connectivity index (χ4v) is 3.34. The summed E-state index contributed by atoms with van der Waals surface area (Å²) in [6, 6.07) is 14.2. The molecule has 0 radical (unpaired) electrons. The van der Waals surface area contributed by atoms with E-state index in [4.69, 9.17) is 33.0 Å². The second kappa shape index (κ2) is 7.58. The number of benzene rings is 2. The van der Waals surface area contributed by atoms with Crippen LogP contribution in [0.25, 0.3) is 10.9 Å². The molecule has 0 saturated carbocycles. The average Bonchev–Trinajstić information content (AvgIpc) is 2.92. The number of fused-ring (bicyclic) bond motifs is 1. The van der Waals surface area contributed by atoms with Crippen LogP contribution in [0, 0.1) is 0 Å². The van der Waals surface area contributed by atoms with E-state index < -0.39 is 0 Å². The first-order valence-electron chi connectivity index (χ1n) is 7.83. The maximum atomic E-state index is 6.36. The quantitative estimate of drug-likeness (QED) is 0.418. The van der Waals surface area contributed by atoms with Crippen LogP contribution in [0.4, 0.5) is 0 Å². The van der Waals surface area contributed by atoms with Crippen molar-refractivity contribution in [2.75, 3.05) is 7.11 Å². The fourth-order valence-electron chi connectivity index (χ4n) is 2.87. The van der Waals surface area contributed by atoms with E-state index in [0.717, 1.165) is 23.1 Å². The lowest BCUT2D eigenvalue weighted by molar-refractivity contribution is -0.282. The van der Waals surface area contributed by atoms with Gasteiger partial charge in [-0.05, 0) is 47.2 Å². The minimum atomic E-state index is 0.417. The molecule has 0 bridgehead atoms. The van der Waals surface area contributed by atoms with Crippen molar-refractivity contribution in [2.45, 2.75) is 26.5 Å². The van der Waals surface area contributed by atoms with Crippen LogP contribution in [0.2, 0.25) is 10.0 Å². The van der Waals surface area contributed by atoms with E-state index in [1.807, 2.05) is 12.1 Å². The summed E-state index contributed by atoms with van der Waals surface area (Å²) in [5.74, 6) is 0. The highest BCUT2D eigenvalue weighted by Gasteiger charge is 2.11. The minimum Gasteiger partial charge on any atom is -0.340 e. The van der Waals surface area contributed by atoms with E-state index >= 15 is 0 Å². The molecular formula is C19H19Cl2NO2. The summed E-state index contributed by atoms with van der Waals surface area (Å²) in [6.45, 7) is 3.28. The van der Waals surface area contributed by atoms with Crippen molar-refractivity contribution in [3.05, 3.63) is 69.3 Å². The third-order valence-electron chi connectivity index (χ3n) is 4.10. The number of rotatable bonds is 6. The van der Waals surface area contributed by atoms with Crippen LogP contribution in [-0.4, -0.2) is 11.7 Å². The first-order valence-corrected chi connectivity index (χ1v) is 8.58. The predicted octanol–water partition coefficient (Wildman–Crippen LogP) is 5.64. The summed E-state index contributed by atoms with van der Waals surface area (Å²) in [4.78, 5) is 9.75. The Balaban J connectivity index is 2.03. The first-order chi connectivity index (χ1) is 11.6. The zero-order valence-corrected chi connectivity index (χ0v) is 15.2. The molecule has 3 rings (SSSR count). The van der Waals surface area contributed by atoms with Gasteiger partial charge in [-0.25, -0.2) is 9.78 Å². The average molecular weight is 364 g/mol. The van der Waals surface area contributed by atoms with Crippen molar-refractivity contribution < 1.29 is 9.78 Å². The Morgan fingerprint density at radius 3 is 2.58 bits per heavy atom. The van der Waals surface area contributed by atoms with E-state index in [0.29, 0.717) is 23.2 Å². The normalized spacial score (nSPS) is 11.3. The maximum Gasteiger partial charge on any atom is 0.107 e. The largest absolute Gasteiger partial charge is 0.340 e. The number of hydrogen-bond donors (Lipinski definition) is 0. The van der Waals surface area contributed by atoms with Crippen LogP contribution in [-0.2, 0) is 29.3 Å². The molecule has 1 aromatic heterocycles. The highest BCUT2D eigenvalue weighted by molar-refractivity contribution is 6.35. The number of halogens is 2. The van der Waals surface area contributed by atoms with Gasteiger partial charge < -0.3 is 4.57 Å². The molecule has 0 aliphatic rings. The monoisotopic (exact) mass is 363 g/mol. The van der Waals surface area contributed by atoms with Crippen molar-refractivity contribution in [3.8, 4) is 0 Å². The molecule has 0 aliphatic carbocycles. The van der Waals surface area contributed by atoms with E-state index in [1.54, 1.807) is 6.07 Å². The van der Waals surface area contributed by atoms with Crippen molar-refractivity contribution in [1.29, 1.82) is 0 Å². The van der Waals surface area contributed by atoms with Gasteiger partial charge in [0.05, 0.1) is 7.11 Å². The number of aromatic nitrogens is 1. The lowest BCUT2D eigenvalue weighted by atomic mass is 10.1. The summed E-state index contributed by atoms with van der Waals surface area (Å²) in [5, 5.41) is 2.54. The molecule has 1 heterocycles. The van der Waals surface area contributed by atoms with E-state index in [1.165, 1.54) is 18.2 Å². The van der Waals surface area contributed by atoms with Gasteiger partial charge in [0, 0.05) is 27.8 Å². The van der Waals surface area contributed by atoms with Gasteiger partial charge in [0.2, 0.25) is 0 Å². The maximum absolute atomic E-state index is 6.36. The molecule has 0 aliphatic heterocycles. The van der Waals surface area contributed by atoms with Gasteiger partial charge in [-0.3, -0.25) is 0 Å². The molecule has 24 heavy (non-hydrogen) atoms. The van der Waals surface area contributed by atoms with Crippen LogP contribution in [0.3, 0.4) is 0 Å². The van der Waals surface area contributed by atoms with Crippen LogP contribution in [0.1, 0.15) is 23.7 Å². The molecule has 2 aromatic carbocycles. The Morgan fingerprint density at radius 2 is 1.88 bits per heavy atom. The Morgan fingerprint density at radius 1 is 1.04 bits per heavy atom. The summed E-state index contributed by atoms with van der Waals surface area (Å²) in [7, 11) is 1.51. The third kappa shape index (κ3) is 3.60. The van der Waals surface area contributed by atoms with Crippen molar-refractivity contribution in [1.82, 2.24) is 4.57 Å². The zero-order chi connectivity index (χ0) is 17.1. The Bertz CT molecular complexity index is 858. The summed E-state index contributed by atoms with van der Waals surface area (Å²) in [6.07, 6.45) is 0.948. The van der Waals surface area contributed by atoms with Gasteiger partial charge in [0.25, 0.3) is 0 Å². The molecule has 0 fully saturated rings. The highest BCUT2D eigenvalue weighted by atomic mass is 35.5. The molecule has 3 aromatic rings. The minimum absolute atomic E-state index is 0.417. The predicted molar refractivity (Wildman–Crippen MR) is 98.7 cm³/mol. The molecule has 3 nitrogen and oxygen atoms in total. The molecule has 0 spiro atoms. The lowest BCUT2D eigenvalue weighted by Gasteiger charge is -2.12. The van der Waals surface area contributed by atoms with Crippen LogP contribution >= 0.6 is 23.2 Å². The van der Waals surface area contributed by atoms with Crippen molar-refractivity contribution >= 4 is 34.1 Å². The topological polar surface area (TPSA) is 23.4 Å². The van der Waals surface area contributed by atoms with Gasteiger partial charge in [-0.15, -0.1) is 0 Å². The van der Waals surface area contributed by atoms with Crippen molar-refractivity contribution in [3.63, 3.8) is 0 Å². The van der Waals surface area contributed by atoms with Crippen LogP contribution in [0.5, 0.6) is 0 Å². The molecule has 0 saturated heterocycles. The van der Waals surface area contributed by atoms with Gasteiger partial charge in [-0.2, -0.15) is 0 Å². The first kappa shape index (κ1) is 17.3. The third-order valence-corrected chi connectivity index (χ3v) is 4.69. The van der Waals surface area contributed by atoms with Gasteiger partial charge in [0.15, 0.2) is 0 Å². The number of hydrogen-bond acceptors (Lipinski definition) is 2. The Hall–Kier alpha value is -1.52. The van der Waals surface area contributed by atoms with Crippen LogP contribution < -0.4 is 0 Å². The summed E-state index contributed by atoms with van der Waals surface area (Å²) < 4.78 is 2.29. The molecule has 126 valence electrons. The molecular weight excluding hydrogens is 345 g/mol. The highest BCUT2D eigenvalue weighted by Crippen LogP contribution is 2.27. The molecule has 0 N–H and O–H groups in total. The molecule has 0 unspecified atom stereocenters. The van der Waals surface area contributed by atoms with E-state index in [2.05, 4.69) is 35.8 Å². The summed E-state index contributed by atoms with van der Waals surface area (Å²) >= 11 is 12.4. The number of aryl methyl sites for hydroxylation is 1. The summed E-state index contributed by atoms with van der Waals surface area (Å²) in [5.41, 5.74) is 4.54. The zero-order valence-electron chi connectivity index (χ0n) is 13.7. The second-order valence-corrected chi connectivity index (χ2v) is 6.48. The molecule has 0 amide bonds. The fraction of sp³-hybridized carbons (Fsp3) is 0.263. The Kier molecular flexibility index (Phi) is 5.47. The Labute approximate surface area is 151 Å². The lowest BCUT2D eigenvalue weighted by Crippen LogP contribution is -2.04. The molecule has 0 atom stereocenters.